The van der Waals surface area contributed by atoms with Crippen molar-refractivity contribution in [3.8, 4) is 0 Å². The highest BCUT2D eigenvalue weighted by Gasteiger charge is 2.45. The topological polar surface area (TPSA) is 70.1 Å². The van der Waals surface area contributed by atoms with Gasteiger partial charge in [0.25, 0.3) is 0 Å². The summed E-state index contributed by atoms with van der Waals surface area (Å²) in [5, 5.41) is 10.4. The van der Waals surface area contributed by atoms with E-state index in [2.05, 4.69) is 41.8 Å². The Morgan fingerprint density at radius 2 is 1.60 bits per heavy atom. The molecule has 0 radical (unpaired) electrons. The molecular weight excluding hydrogens is 524 g/mol. The van der Waals surface area contributed by atoms with Crippen LogP contribution in [0.3, 0.4) is 0 Å². The number of nitrogens with zero attached hydrogens (tertiary/aromatic N) is 2. The molecule has 6 nitrogen and oxygen atoms in total. The number of hydrogen-bond acceptors (Lipinski definition) is 4. The maximum absolute atomic E-state index is 13.0. The molecule has 3 aliphatic rings. The Morgan fingerprint density at radius 1 is 0.929 bits per heavy atom. The monoisotopic (exact) mass is 572 g/mol. The number of carboxylic acids is 1. The average molecular weight is 573 g/mol. The number of rotatable bonds is 11. The van der Waals surface area contributed by atoms with Crippen LogP contribution in [0, 0.1) is 23.7 Å². The number of carboxylic acid groups (broad SMARTS) is 1. The minimum atomic E-state index is -0.582. The normalized spacial score (nSPS) is 24.6. The summed E-state index contributed by atoms with van der Waals surface area (Å²) in [6, 6.07) is 20.7. The first-order valence-corrected chi connectivity index (χ1v) is 16.1. The standard InChI is InChI=1S/C36H48N2O4/c1-2-20-38(36(41)42-26-27-12-6-3-7-13-27)32-18-21-37(22-19-32)25-31-23-30(24-33(31)28-14-8-4-9-15-28)34(35(39)40)29-16-10-5-11-17-29/h2-4,6-9,12-15,29-34H,1,5,10-11,16-26H2,(H,39,40)/t30?,31-,33-,34?/m1/s1. The second-order valence-corrected chi connectivity index (χ2v) is 12.8. The number of carbonyl (C=O) groups excluding carboxylic acids is 1. The van der Waals surface area contributed by atoms with Crippen LogP contribution in [0.1, 0.15) is 74.8 Å². The van der Waals surface area contributed by atoms with Gasteiger partial charge in [-0.3, -0.25) is 4.79 Å². The van der Waals surface area contributed by atoms with E-state index in [1.54, 1.807) is 6.08 Å². The maximum Gasteiger partial charge on any atom is 0.410 e. The zero-order valence-corrected chi connectivity index (χ0v) is 25.0. The molecule has 0 aromatic heterocycles. The van der Waals surface area contributed by atoms with E-state index >= 15 is 0 Å². The van der Waals surface area contributed by atoms with Gasteiger partial charge in [0, 0.05) is 32.2 Å². The van der Waals surface area contributed by atoms with E-state index in [0.717, 1.165) is 63.7 Å². The molecule has 0 bridgehead atoms. The average Bonchev–Trinajstić information content (AvgIpc) is 3.43. The fourth-order valence-corrected chi connectivity index (χ4v) is 8.11. The summed E-state index contributed by atoms with van der Waals surface area (Å²) in [6.07, 6.45) is 11.0. The van der Waals surface area contributed by atoms with E-state index in [4.69, 9.17) is 4.74 Å². The molecule has 5 rings (SSSR count). The smallest absolute Gasteiger partial charge is 0.410 e. The van der Waals surface area contributed by atoms with Gasteiger partial charge >= 0.3 is 12.1 Å². The van der Waals surface area contributed by atoms with Gasteiger partial charge in [-0.2, -0.15) is 0 Å². The van der Waals surface area contributed by atoms with Gasteiger partial charge in [-0.1, -0.05) is 86.0 Å². The first kappa shape index (κ1) is 30.3. The third kappa shape index (κ3) is 7.63. The number of ether oxygens (including phenoxy) is 1. The lowest BCUT2D eigenvalue weighted by atomic mass is 9.73. The Kier molecular flexibility index (Phi) is 10.7. The minimum Gasteiger partial charge on any atom is -0.481 e. The largest absolute Gasteiger partial charge is 0.481 e. The SMILES string of the molecule is C=CCN(C(=O)OCc1ccccc1)C1CCN(C[C@H]2CC(C(C(=O)O)C3CCCCC3)C[C@@H]2c2ccccc2)CC1. The Labute approximate surface area is 251 Å². The van der Waals surface area contributed by atoms with Crippen LogP contribution in [-0.2, 0) is 16.1 Å². The molecule has 2 saturated carbocycles. The Bertz CT molecular complexity index is 1140. The van der Waals surface area contributed by atoms with Crippen molar-refractivity contribution in [1.82, 2.24) is 9.80 Å². The quantitative estimate of drug-likeness (QED) is 0.285. The number of hydrogen-bond donors (Lipinski definition) is 1. The second kappa shape index (κ2) is 14.9. The molecule has 42 heavy (non-hydrogen) atoms. The second-order valence-electron chi connectivity index (χ2n) is 12.8. The molecule has 1 aliphatic heterocycles. The number of piperidine rings is 1. The lowest BCUT2D eigenvalue weighted by Crippen LogP contribution is -2.48. The Morgan fingerprint density at radius 3 is 2.24 bits per heavy atom. The van der Waals surface area contributed by atoms with Crippen molar-refractivity contribution in [2.75, 3.05) is 26.2 Å². The Balaban J connectivity index is 1.21. The van der Waals surface area contributed by atoms with Gasteiger partial charge in [0.2, 0.25) is 0 Å². The zero-order chi connectivity index (χ0) is 29.3. The van der Waals surface area contributed by atoms with Gasteiger partial charge in [-0.25, -0.2) is 4.79 Å². The van der Waals surface area contributed by atoms with Crippen LogP contribution in [0.5, 0.6) is 0 Å². The molecule has 226 valence electrons. The highest BCUT2D eigenvalue weighted by Crippen LogP contribution is 2.49. The first-order chi connectivity index (χ1) is 20.5. The van der Waals surface area contributed by atoms with Crippen molar-refractivity contribution in [3.63, 3.8) is 0 Å². The van der Waals surface area contributed by atoms with Crippen LogP contribution in [0.4, 0.5) is 4.79 Å². The van der Waals surface area contributed by atoms with Gasteiger partial charge in [0.1, 0.15) is 6.61 Å². The van der Waals surface area contributed by atoms with Crippen molar-refractivity contribution >= 4 is 12.1 Å². The van der Waals surface area contributed by atoms with Crippen LogP contribution in [0.15, 0.2) is 73.3 Å². The highest BCUT2D eigenvalue weighted by atomic mass is 16.6. The van der Waals surface area contributed by atoms with Gasteiger partial charge in [0.15, 0.2) is 0 Å². The summed E-state index contributed by atoms with van der Waals surface area (Å²) in [5.74, 6) is 0.595. The van der Waals surface area contributed by atoms with E-state index in [1.165, 1.54) is 24.8 Å². The van der Waals surface area contributed by atoms with Crippen molar-refractivity contribution in [2.24, 2.45) is 23.7 Å². The predicted molar refractivity (Wildman–Crippen MR) is 166 cm³/mol. The molecular formula is C36H48N2O4. The van der Waals surface area contributed by atoms with Gasteiger partial charge in [0.05, 0.1) is 5.92 Å². The Hall–Kier alpha value is -3.12. The highest BCUT2D eigenvalue weighted by molar-refractivity contribution is 5.71. The number of amides is 1. The van der Waals surface area contributed by atoms with Crippen LogP contribution >= 0.6 is 0 Å². The van der Waals surface area contributed by atoms with E-state index in [0.29, 0.717) is 24.3 Å². The fraction of sp³-hybridized carbons (Fsp3) is 0.556. The third-order valence-electron chi connectivity index (χ3n) is 10.2. The predicted octanol–water partition coefficient (Wildman–Crippen LogP) is 7.37. The number of likely N-dealkylation sites (tertiary alicyclic amines) is 1. The van der Waals surface area contributed by atoms with E-state index in [9.17, 15) is 14.7 Å². The molecule has 4 atom stereocenters. The van der Waals surface area contributed by atoms with Gasteiger partial charge in [-0.15, -0.1) is 6.58 Å². The van der Waals surface area contributed by atoms with Crippen molar-refractivity contribution < 1.29 is 19.4 Å². The number of aliphatic carboxylic acids is 1. The molecule has 2 unspecified atom stereocenters. The molecule has 6 heteroatoms. The molecule has 1 N–H and O–H groups in total. The summed E-state index contributed by atoms with van der Waals surface area (Å²) in [5.41, 5.74) is 2.33. The molecule has 2 aromatic rings. The van der Waals surface area contributed by atoms with Crippen molar-refractivity contribution in [3.05, 3.63) is 84.4 Å². The molecule has 1 heterocycles. The van der Waals surface area contributed by atoms with Crippen LogP contribution < -0.4 is 0 Å². The van der Waals surface area contributed by atoms with E-state index in [1.807, 2.05) is 35.2 Å². The molecule has 1 saturated heterocycles. The number of carbonyl (C=O) groups is 2. The molecule has 3 fully saturated rings. The first-order valence-electron chi connectivity index (χ1n) is 16.1. The third-order valence-corrected chi connectivity index (χ3v) is 10.2. The lowest BCUT2D eigenvalue weighted by Gasteiger charge is -2.39. The summed E-state index contributed by atoms with van der Waals surface area (Å²) < 4.78 is 5.67. The molecule has 2 aliphatic carbocycles. The van der Waals surface area contributed by atoms with Crippen LogP contribution in [0.2, 0.25) is 0 Å². The van der Waals surface area contributed by atoms with E-state index < -0.39 is 5.97 Å². The van der Waals surface area contributed by atoms with Crippen LogP contribution in [0.25, 0.3) is 0 Å². The maximum atomic E-state index is 13.0. The van der Waals surface area contributed by atoms with Gasteiger partial charge in [-0.05, 0) is 73.3 Å². The lowest BCUT2D eigenvalue weighted by molar-refractivity contribution is -0.146. The summed E-state index contributed by atoms with van der Waals surface area (Å²) in [6.45, 7) is 7.48. The van der Waals surface area contributed by atoms with Gasteiger partial charge < -0.3 is 19.6 Å². The molecule has 0 spiro atoms. The van der Waals surface area contributed by atoms with Crippen LogP contribution in [-0.4, -0.2) is 59.2 Å². The summed E-state index contributed by atoms with van der Waals surface area (Å²) >= 11 is 0. The summed E-state index contributed by atoms with van der Waals surface area (Å²) in [4.78, 5) is 30.0. The fourth-order valence-electron chi connectivity index (χ4n) is 8.11. The van der Waals surface area contributed by atoms with Crippen molar-refractivity contribution in [2.45, 2.75) is 76.4 Å². The van der Waals surface area contributed by atoms with E-state index in [-0.39, 0.29) is 30.6 Å². The van der Waals surface area contributed by atoms with Crippen molar-refractivity contribution in [1.29, 1.82) is 0 Å². The molecule has 1 amide bonds. The molecule has 2 aromatic carbocycles. The minimum absolute atomic E-state index is 0.131. The number of benzene rings is 2. The zero-order valence-electron chi connectivity index (χ0n) is 25.0. The summed E-state index contributed by atoms with van der Waals surface area (Å²) in [7, 11) is 0.